The van der Waals surface area contributed by atoms with Gasteiger partial charge in [0.05, 0.1) is 39.9 Å². The van der Waals surface area contributed by atoms with Crippen LogP contribution in [0.25, 0.3) is 0 Å². The molecule has 0 spiro atoms. The van der Waals surface area contributed by atoms with E-state index in [1.807, 2.05) is 21.1 Å². The standard InChI is InChI=1S/C47H97N2O6P/c1-6-8-10-12-14-16-18-19-20-21-22-23-24-25-26-27-28-29-31-33-35-37-39-41-47(51)48-45(44-55-56(52,53)54-43-42-49(3,4)5)46(50)40-38-36-34-32-30-17-15-13-11-9-7-2/h45-46,50H,6-44H2,1-5H3,(H-,48,51,52,53)/p+1. The molecule has 0 rings (SSSR count). The van der Waals surface area contributed by atoms with Crippen LogP contribution in [0.5, 0.6) is 0 Å². The quantitative estimate of drug-likeness (QED) is 0.0321. The monoisotopic (exact) mass is 818 g/mol. The minimum Gasteiger partial charge on any atom is -0.391 e. The summed E-state index contributed by atoms with van der Waals surface area (Å²) in [4.78, 5) is 23.2. The molecule has 0 bridgehead atoms. The number of phosphoric acid groups is 1. The van der Waals surface area contributed by atoms with Gasteiger partial charge in [0.15, 0.2) is 0 Å². The van der Waals surface area contributed by atoms with Crippen molar-refractivity contribution in [2.24, 2.45) is 0 Å². The average Bonchev–Trinajstić information content (AvgIpc) is 3.15. The van der Waals surface area contributed by atoms with E-state index in [-0.39, 0.29) is 19.1 Å². The van der Waals surface area contributed by atoms with Crippen LogP contribution in [0.3, 0.4) is 0 Å². The molecule has 9 heteroatoms. The zero-order chi connectivity index (χ0) is 41.4. The van der Waals surface area contributed by atoms with Crippen molar-refractivity contribution in [1.82, 2.24) is 5.32 Å². The molecule has 0 aliphatic carbocycles. The third-order valence-corrected chi connectivity index (χ3v) is 12.3. The van der Waals surface area contributed by atoms with Crippen molar-refractivity contribution >= 4 is 13.7 Å². The fraction of sp³-hybridized carbons (Fsp3) is 0.979. The highest BCUT2D eigenvalue weighted by Gasteiger charge is 2.28. The highest BCUT2D eigenvalue weighted by Crippen LogP contribution is 2.43. The number of aliphatic hydroxyl groups excluding tert-OH is 1. The summed E-state index contributed by atoms with van der Waals surface area (Å²) in [7, 11) is 1.63. The maximum Gasteiger partial charge on any atom is 0.472 e. The number of amides is 1. The summed E-state index contributed by atoms with van der Waals surface area (Å²) in [5, 5.41) is 13.9. The Balaban J connectivity index is 4.13. The average molecular weight is 818 g/mol. The summed E-state index contributed by atoms with van der Waals surface area (Å²) >= 11 is 0. The molecule has 0 aliphatic rings. The first-order valence-corrected chi connectivity index (χ1v) is 25.9. The van der Waals surface area contributed by atoms with E-state index < -0.39 is 20.0 Å². The first-order valence-electron chi connectivity index (χ1n) is 24.4. The predicted molar refractivity (Wildman–Crippen MR) is 240 cm³/mol. The molecule has 0 saturated heterocycles. The van der Waals surface area contributed by atoms with Crippen molar-refractivity contribution in [1.29, 1.82) is 0 Å². The molecule has 0 aliphatic heterocycles. The van der Waals surface area contributed by atoms with Gasteiger partial charge in [-0.1, -0.05) is 226 Å². The normalized spacial score (nSPS) is 14.2. The molecule has 8 nitrogen and oxygen atoms in total. The Morgan fingerprint density at radius 1 is 0.536 bits per heavy atom. The van der Waals surface area contributed by atoms with Gasteiger partial charge < -0.3 is 19.8 Å². The minimum atomic E-state index is -4.31. The molecule has 0 radical (unpaired) electrons. The number of unbranched alkanes of at least 4 members (excludes halogenated alkanes) is 32. The molecule has 56 heavy (non-hydrogen) atoms. The highest BCUT2D eigenvalue weighted by molar-refractivity contribution is 7.47. The Hall–Kier alpha value is -0.500. The lowest BCUT2D eigenvalue weighted by Gasteiger charge is -2.26. The van der Waals surface area contributed by atoms with Crippen molar-refractivity contribution in [3.8, 4) is 0 Å². The molecule has 0 saturated carbocycles. The van der Waals surface area contributed by atoms with Gasteiger partial charge >= 0.3 is 7.82 Å². The molecule has 0 aromatic rings. The molecule has 0 fully saturated rings. The number of carbonyl (C=O) groups excluding carboxylic acids is 1. The number of hydrogen-bond donors (Lipinski definition) is 3. The number of likely N-dealkylation sites (N-methyl/N-ethyl adjacent to an activating group) is 1. The second-order valence-electron chi connectivity index (χ2n) is 18.2. The van der Waals surface area contributed by atoms with Gasteiger partial charge in [0.1, 0.15) is 13.2 Å². The van der Waals surface area contributed by atoms with E-state index in [2.05, 4.69) is 19.2 Å². The number of hydrogen-bond acceptors (Lipinski definition) is 5. The van der Waals surface area contributed by atoms with E-state index in [1.54, 1.807) is 0 Å². The zero-order valence-corrected chi connectivity index (χ0v) is 39.0. The number of rotatable bonds is 45. The number of carbonyl (C=O) groups is 1. The number of aliphatic hydroxyl groups is 1. The van der Waals surface area contributed by atoms with Crippen molar-refractivity contribution in [3.05, 3.63) is 0 Å². The van der Waals surface area contributed by atoms with E-state index in [0.29, 0.717) is 23.9 Å². The lowest BCUT2D eigenvalue weighted by molar-refractivity contribution is -0.870. The molecule has 336 valence electrons. The Morgan fingerprint density at radius 2 is 0.857 bits per heavy atom. The number of nitrogens with zero attached hydrogens (tertiary/aromatic N) is 1. The van der Waals surface area contributed by atoms with Gasteiger partial charge in [-0.3, -0.25) is 13.8 Å². The van der Waals surface area contributed by atoms with Crippen LogP contribution in [0, 0.1) is 0 Å². The second kappa shape index (κ2) is 39.9. The lowest BCUT2D eigenvalue weighted by atomic mass is 10.0. The summed E-state index contributed by atoms with van der Waals surface area (Å²) in [6.07, 6.45) is 44.3. The second-order valence-corrected chi connectivity index (χ2v) is 19.7. The SMILES string of the molecule is CCCCCCCCCCCCCCCCCCCCCCCCCC(=O)NC(COP(=O)(O)OCC[N+](C)(C)C)C(O)CCCCCCCCCCCCC. The molecule has 1 amide bonds. The highest BCUT2D eigenvalue weighted by atomic mass is 31.2. The van der Waals surface area contributed by atoms with E-state index in [4.69, 9.17) is 9.05 Å². The maximum absolute atomic E-state index is 12.9. The van der Waals surface area contributed by atoms with E-state index in [0.717, 1.165) is 38.5 Å². The molecule has 3 atom stereocenters. The molecular weight excluding hydrogens is 719 g/mol. The number of nitrogens with one attached hydrogen (secondary N) is 1. The van der Waals surface area contributed by atoms with Crippen molar-refractivity contribution in [2.45, 2.75) is 257 Å². The van der Waals surface area contributed by atoms with Crippen LogP contribution in [0.15, 0.2) is 0 Å². The van der Waals surface area contributed by atoms with Gasteiger partial charge in [0.25, 0.3) is 0 Å². The summed E-state index contributed by atoms with van der Waals surface area (Å²) in [6, 6.07) is -0.752. The smallest absolute Gasteiger partial charge is 0.391 e. The minimum absolute atomic E-state index is 0.0785. The van der Waals surface area contributed by atoms with E-state index in [1.165, 1.54) is 180 Å². The van der Waals surface area contributed by atoms with Gasteiger partial charge in [-0.25, -0.2) is 4.57 Å². The van der Waals surface area contributed by atoms with Crippen LogP contribution in [-0.2, 0) is 18.4 Å². The van der Waals surface area contributed by atoms with Crippen LogP contribution < -0.4 is 5.32 Å². The Kier molecular flexibility index (Phi) is 39.6. The van der Waals surface area contributed by atoms with Crippen LogP contribution >= 0.6 is 7.82 Å². The van der Waals surface area contributed by atoms with Crippen LogP contribution in [0.1, 0.15) is 245 Å². The first-order chi connectivity index (χ1) is 27.0. The third kappa shape index (κ3) is 41.7. The van der Waals surface area contributed by atoms with Crippen LogP contribution in [-0.4, -0.2) is 73.4 Å². The van der Waals surface area contributed by atoms with Crippen molar-refractivity contribution in [3.63, 3.8) is 0 Å². The molecule has 3 N–H and O–H groups in total. The number of phosphoric ester groups is 1. The summed E-state index contributed by atoms with van der Waals surface area (Å²) < 4.78 is 23.6. The molecular formula is C47H98N2O6P+. The predicted octanol–water partition coefficient (Wildman–Crippen LogP) is 13.8. The third-order valence-electron chi connectivity index (χ3n) is 11.4. The number of quaternary nitrogens is 1. The van der Waals surface area contributed by atoms with E-state index >= 15 is 0 Å². The topological polar surface area (TPSA) is 105 Å². The molecule has 0 aromatic heterocycles. The first kappa shape index (κ1) is 55.5. The zero-order valence-electron chi connectivity index (χ0n) is 38.2. The van der Waals surface area contributed by atoms with E-state index in [9.17, 15) is 19.4 Å². The maximum atomic E-state index is 12.9. The Morgan fingerprint density at radius 3 is 1.20 bits per heavy atom. The summed E-state index contributed by atoms with van der Waals surface area (Å²) in [6.45, 7) is 4.91. The van der Waals surface area contributed by atoms with Gasteiger partial charge in [-0.15, -0.1) is 0 Å². The molecule has 0 heterocycles. The summed E-state index contributed by atoms with van der Waals surface area (Å²) in [5.74, 6) is -0.140. The fourth-order valence-corrected chi connectivity index (χ4v) is 8.20. The van der Waals surface area contributed by atoms with Crippen molar-refractivity contribution in [2.75, 3.05) is 40.9 Å². The Labute approximate surface area is 349 Å². The largest absolute Gasteiger partial charge is 0.472 e. The fourth-order valence-electron chi connectivity index (χ4n) is 7.46. The van der Waals surface area contributed by atoms with Crippen molar-refractivity contribution < 1.29 is 32.9 Å². The van der Waals surface area contributed by atoms with Gasteiger partial charge in [-0.05, 0) is 12.8 Å². The van der Waals surface area contributed by atoms with Gasteiger partial charge in [-0.2, -0.15) is 0 Å². The molecule has 3 unspecified atom stereocenters. The molecule has 0 aromatic carbocycles. The lowest BCUT2D eigenvalue weighted by Crippen LogP contribution is -2.46. The van der Waals surface area contributed by atoms with Crippen LogP contribution in [0.4, 0.5) is 0 Å². The van der Waals surface area contributed by atoms with Crippen LogP contribution in [0.2, 0.25) is 0 Å². The summed E-state index contributed by atoms with van der Waals surface area (Å²) in [5.41, 5.74) is 0. The van der Waals surface area contributed by atoms with Gasteiger partial charge in [0, 0.05) is 6.42 Å². The Bertz CT molecular complexity index is 885. The van der Waals surface area contributed by atoms with Gasteiger partial charge in [0.2, 0.25) is 5.91 Å².